The molecule has 0 bridgehead atoms. The normalized spacial score (nSPS) is 11.4. The van der Waals surface area contributed by atoms with Crippen molar-refractivity contribution < 1.29 is 23.2 Å². The highest BCUT2D eigenvalue weighted by atomic mass is 32.2. The molecule has 0 aliphatic rings. The van der Waals surface area contributed by atoms with E-state index in [0.717, 1.165) is 0 Å². The van der Waals surface area contributed by atoms with Crippen molar-refractivity contribution >= 4 is 16.0 Å². The van der Waals surface area contributed by atoms with Gasteiger partial charge in [-0.1, -0.05) is 4.89 Å². The van der Waals surface area contributed by atoms with Crippen molar-refractivity contribution in [2.24, 2.45) is 0 Å². The standard InChI is InChI=1S/C6H8N2O5S/c9-6(10)4-13-8-14(11,12)5-1-2-7-3-5/h1-3,7-8H,4H2,(H,9,10). The average Bonchev–Trinajstić information content (AvgIpc) is 2.54. The summed E-state index contributed by atoms with van der Waals surface area (Å²) >= 11 is 0. The molecule has 0 unspecified atom stereocenters. The smallest absolute Gasteiger partial charge is 0.331 e. The minimum Gasteiger partial charge on any atom is -0.479 e. The first-order valence-corrected chi connectivity index (χ1v) is 4.99. The molecule has 0 saturated heterocycles. The number of carboxylic acids is 1. The zero-order valence-corrected chi connectivity index (χ0v) is 7.74. The van der Waals surface area contributed by atoms with Crippen LogP contribution in [0.15, 0.2) is 23.4 Å². The van der Waals surface area contributed by atoms with Gasteiger partial charge in [-0.2, -0.15) is 0 Å². The molecule has 1 rings (SSSR count). The summed E-state index contributed by atoms with van der Waals surface area (Å²) in [6, 6.07) is 1.31. The molecule has 1 aromatic heterocycles. The Kier molecular flexibility index (Phi) is 3.23. The number of aromatic amines is 1. The topological polar surface area (TPSA) is 108 Å². The van der Waals surface area contributed by atoms with Gasteiger partial charge >= 0.3 is 5.97 Å². The molecule has 7 nitrogen and oxygen atoms in total. The average molecular weight is 220 g/mol. The van der Waals surface area contributed by atoms with E-state index in [-0.39, 0.29) is 4.90 Å². The molecular formula is C6H8N2O5S. The van der Waals surface area contributed by atoms with Gasteiger partial charge < -0.3 is 10.1 Å². The molecule has 0 saturated carbocycles. The Morgan fingerprint density at radius 2 is 2.36 bits per heavy atom. The van der Waals surface area contributed by atoms with Gasteiger partial charge in [-0.15, -0.1) is 0 Å². The van der Waals surface area contributed by atoms with Gasteiger partial charge in [-0.3, -0.25) is 4.84 Å². The quantitative estimate of drug-likeness (QED) is 0.569. The summed E-state index contributed by atoms with van der Waals surface area (Å²) in [4.78, 5) is 18.4. The fourth-order valence-electron chi connectivity index (χ4n) is 0.693. The summed E-state index contributed by atoms with van der Waals surface area (Å²) < 4.78 is 22.5. The number of nitrogens with one attached hydrogen (secondary N) is 2. The lowest BCUT2D eigenvalue weighted by molar-refractivity contribution is -0.143. The zero-order valence-electron chi connectivity index (χ0n) is 6.93. The molecular weight excluding hydrogens is 212 g/mol. The van der Waals surface area contributed by atoms with Crippen molar-refractivity contribution in [3.05, 3.63) is 18.5 Å². The van der Waals surface area contributed by atoms with Gasteiger partial charge in [-0.05, 0) is 6.07 Å². The molecule has 14 heavy (non-hydrogen) atoms. The Morgan fingerprint density at radius 3 is 2.86 bits per heavy atom. The Hall–Kier alpha value is -1.38. The van der Waals surface area contributed by atoms with Crippen LogP contribution in [0.1, 0.15) is 0 Å². The first-order chi connectivity index (χ1) is 6.52. The predicted molar refractivity (Wildman–Crippen MR) is 44.7 cm³/mol. The Labute approximate surface area is 79.7 Å². The van der Waals surface area contributed by atoms with Crippen LogP contribution in [0.4, 0.5) is 0 Å². The number of hydrogen-bond acceptors (Lipinski definition) is 4. The first kappa shape index (κ1) is 10.7. The van der Waals surface area contributed by atoms with E-state index in [9.17, 15) is 13.2 Å². The fourth-order valence-corrected chi connectivity index (χ4v) is 1.47. The number of sulfonamides is 1. The van der Waals surface area contributed by atoms with Crippen LogP contribution in [0.25, 0.3) is 0 Å². The van der Waals surface area contributed by atoms with Crippen LogP contribution in [0, 0.1) is 0 Å². The van der Waals surface area contributed by atoms with Crippen LogP contribution in [0.5, 0.6) is 0 Å². The summed E-state index contributed by atoms with van der Waals surface area (Å²) in [6.07, 6.45) is 2.66. The molecule has 0 aromatic carbocycles. The van der Waals surface area contributed by atoms with Crippen molar-refractivity contribution in [1.29, 1.82) is 0 Å². The number of rotatable bonds is 5. The third-order valence-electron chi connectivity index (χ3n) is 1.24. The second-order valence-corrected chi connectivity index (χ2v) is 3.96. The summed E-state index contributed by atoms with van der Waals surface area (Å²) in [5.74, 6) is -1.26. The van der Waals surface area contributed by atoms with Crippen LogP contribution < -0.4 is 4.89 Å². The largest absolute Gasteiger partial charge is 0.479 e. The number of aromatic nitrogens is 1. The number of H-pyrrole nitrogens is 1. The first-order valence-electron chi connectivity index (χ1n) is 3.50. The van der Waals surface area contributed by atoms with Crippen LogP contribution in [-0.2, 0) is 19.7 Å². The zero-order chi connectivity index (χ0) is 10.6. The second-order valence-electron chi connectivity index (χ2n) is 2.32. The van der Waals surface area contributed by atoms with Gasteiger partial charge in [0, 0.05) is 12.4 Å². The van der Waals surface area contributed by atoms with Crippen molar-refractivity contribution in [2.75, 3.05) is 6.61 Å². The van der Waals surface area contributed by atoms with Crippen molar-refractivity contribution in [2.45, 2.75) is 4.90 Å². The van der Waals surface area contributed by atoms with Crippen LogP contribution in [0.2, 0.25) is 0 Å². The van der Waals surface area contributed by atoms with Gasteiger partial charge in [0.25, 0.3) is 10.0 Å². The Morgan fingerprint density at radius 1 is 1.64 bits per heavy atom. The van der Waals surface area contributed by atoms with E-state index in [0.29, 0.717) is 0 Å². The van der Waals surface area contributed by atoms with Gasteiger partial charge in [0.15, 0.2) is 6.61 Å². The Bertz CT molecular complexity index is 396. The molecule has 1 heterocycles. The molecule has 0 fully saturated rings. The maximum atomic E-state index is 11.2. The van der Waals surface area contributed by atoms with E-state index in [1.165, 1.54) is 18.5 Å². The molecule has 8 heteroatoms. The van der Waals surface area contributed by atoms with Crippen LogP contribution >= 0.6 is 0 Å². The van der Waals surface area contributed by atoms with E-state index in [1.807, 2.05) is 0 Å². The number of carbonyl (C=O) groups is 1. The molecule has 78 valence electrons. The van der Waals surface area contributed by atoms with Crippen LogP contribution in [-0.4, -0.2) is 31.1 Å². The highest BCUT2D eigenvalue weighted by molar-refractivity contribution is 7.89. The maximum Gasteiger partial charge on any atom is 0.331 e. The third-order valence-corrected chi connectivity index (χ3v) is 2.46. The van der Waals surface area contributed by atoms with Gasteiger partial charge in [-0.25, -0.2) is 13.2 Å². The number of carboxylic acid groups (broad SMARTS) is 1. The lowest BCUT2D eigenvalue weighted by atomic mass is 10.7. The van der Waals surface area contributed by atoms with Gasteiger partial charge in [0.1, 0.15) is 4.90 Å². The molecule has 0 aliphatic carbocycles. The fraction of sp³-hybridized carbons (Fsp3) is 0.167. The Balaban J connectivity index is 2.56. The lowest BCUT2D eigenvalue weighted by Gasteiger charge is -2.02. The molecule has 0 spiro atoms. The van der Waals surface area contributed by atoms with Gasteiger partial charge in [0.2, 0.25) is 0 Å². The van der Waals surface area contributed by atoms with Crippen molar-refractivity contribution in [1.82, 2.24) is 9.87 Å². The monoisotopic (exact) mass is 220 g/mol. The molecule has 3 N–H and O–H groups in total. The molecule has 0 aliphatic heterocycles. The maximum absolute atomic E-state index is 11.2. The van der Waals surface area contributed by atoms with E-state index in [1.54, 1.807) is 4.89 Å². The highest BCUT2D eigenvalue weighted by Crippen LogP contribution is 2.05. The summed E-state index contributed by atoms with van der Waals surface area (Å²) in [5.41, 5.74) is 0. The van der Waals surface area contributed by atoms with E-state index >= 15 is 0 Å². The number of aliphatic carboxylic acids is 1. The number of hydrogen-bond donors (Lipinski definition) is 3. The van der Waals surface area contributed by atoms with E-state index in [2.05, 4.69) is 9.82 Å². The van der Waals surface area contributed by atoms with E-state index in [4.69, 9.17) is 5.11 Å². The lowest BCUT2D eigenvalue weighted by Crippen LogP contribution is -2.26. The third kappa shape index (κ3) is 2.83. The van der Waals surface area contributed by atoms with Gasteiger partial charge in [0.05, 0.1) is 0 Å². The van der Waals surface area contributed by atoms with Crippen molar-refractivity contribution in [3.8, 4) is 0 Å². The highest BCUT2D eigenvalue weighted by Gasteiger charge is 2.14. The minimum atomic E-state index is -3.78. The molecule has 0 atom stereocenters. The molecule has 0 radical (unpaired) electrons. The van der Waals surface area contributed by atoms with Crippen molar-refractivity contribution in [3.63, 3.8) is 0 Å². The summed E-state index contributed by atoms with van der Waals surface area (Å²) in [5, 5.41) is 8.17. The van der Waals surface area contributed by atoms with E-state index < -0.39 is 22.6 Å². The second kappa shape index (κ2) is 4.22. The summed E-state index contributed by atoms with van der Waals surface area (Å²) in [7, 11) is -3.78. The SMILES string of the molecule is O=C(O)CONS(=O)(=O)c1cc[nH]c1. The summed E-state index contributed by atoms with van der Waals surface area (Å²) in [6.45, 7) is -0.732. The molecule has 1 aromatic rings. The van der Waals surface area contributed by atoms with Crippen LogP contribution in [0.3, 0.4) is 0 Å². The minimum absolute atomic E-state index is 0.0251. The predicted octanol–water partition coefficient (Wildman–Crippen LogP) is -0.691. The molecule has 0 amide bonds.